The normalized spacial score (nSPS) is 13.2. The number of hydrogen-bond donors (Lipinski definition) is 0. The zero-order valence-corrected chi connectivity index (χ0v) is 9.30. The van der Waals surface area contributed by atoms with Crippen LogP contribution in [0, 0.1) is 0 Å². The van der Waals surface area contributed by atoms with Crippen LogP contribution in [0.5, 0.6) is 11.6 Å². The van der Waals surface area contributed by atoms with Crippen molar-refractivity contribution < 1.29 is 43.7 Å². The topological polar surface area (TPSA) is 65.5 Å². The van der Waals surface area contributed by atoms with E-state index in [1.807, 2.05) is 0 Å². The molecular weight excluding hydrogens is 308 g/mol. The maximum Gasteiger partial charge on any atom is 0.574 e. The molecule has 0 aliphatic carbocycles. The number of ether oxygens (including phenoxy) is 1. The Balaban J connectivity index is 2.96. The van der Waals surface area contributed by atoms with Crippen molar-refractivity contribution in [3.63, 3.8) is 0 Å². The predicted molar refractivity (Wildman–Crippen MR) is 46.5 cm³/mol. The molecule has 0 saturated carbocycles. The molecule has 0 fully saturated rings. The highest BCUT2D eigenvalue weighted by Crippen LogP contribution is 2.29. The predicted octanol–water partition coefficient (Wildman–Crippen LogP) is 2.21. The summed E-state index contributed by atoms with van der Waals surface area (Å²) in [5, 5.41) is 0. The van der Waals surface area contributed by atoms with Crippen molar-refractivity contribution >= 4 is 10.1 Å². The van der Waals surface area contributed by atoms with Crippen LogP contribution in [0.1, 0.15) is 0 Å². The van der Waals surface area contributed by atoms with Crippen molar-refractivity contribution in [2.75, 3.05) is 0 Å². The Morgan fingerprint density at radius 3 is 2.16 bits per heavy atom. The molecule has 1 heterocycles. The first kappa shape index (κ1) is 15.3. The molecule has 108 valence electrons. The molecule has 0 amide bonds. The van der Waals surface area contributed by atoms with E-state index in [0.29, 0.717) is 12.3 Å². The van der Waals surface area contributed by atoms with E-state index in [0.717, 1.165) is 0 Å². The Morgan fingerprint density at radius 1 is 1.11 bits per heavy atom. The van der Waals surface area contributed by atoms with Crippen LogP contribution in [0.15, 0.2) is 18.3 Å². The van der Waals surface area contributed by atoms with Gasteiger partial charge in [0.1, 0.15) is 5.75 Å². The minimum atomic E-state index is -5.98. The van der Waals surface area contributed by atoms with Gasteiger partial charge in [0, 0.05) is 18.3 Å². The molecule has 0 aromatic carbocycles. The van der Waals surface area contributed by atoms with Crippen molar-refractivity contribution in [3.05, 3.63) is 18.3 Å². The zero-order chi connectivity index (χ0) is 14.9. The molecular formula is C7H3F6NO4S. The van der Waals surface area contributed by atoms with Crippen LogP contribution >= 0.6 is 0 Å². The molecule has 1 aromatic heterocycles. The van der Waals surface area contributed by atoms with Crippen LogP contribution in [0.25, 0.3) is 0 Å². The summed E-state index contributed by atoms with van der Waals surface area (Å²) < 4.78 is 99.3. The van der Waals surface area contributed by atoms with Crippen LogP contribution in [-0.2, 0) is 10.1 Å². The highest BCUT2D eigenvalue weighted by molar-refractivity contribution is 7.87. The van der Waals surface area contributed by atoms with Gasteiger partial charge in [0.05, 0.1) is 0 Å². The molecule has 0 radical (unpaired) electrons. The highest BCUT2D eigenvalue weighted by Gasteiger charge is 2.48. The maximum absolute atomic E-state index is 12.0. The average Bonchev–Trinajstić information content (AvgIpc) is 2.12. The second kappa shape index (κ2) is 4.75. The van der Waals surface area contributed by atoms with E-state index in [4.69, 9.17) is 0 Å². The Morgan fingerprint density at radius 2 is 1.68 bits per heavy atom. The number of hydrogen-bond acceptors (Lipinski definition) is 5. The Hall–Kier alpha value is -1.72. The van der Waals surface area contributed by atoms with Gasteiger partial charge in [-0.05, 0) is 0 Å². The van der Waals surface area contributed by atoms with Crippen LogP contribution in [-0.4, -0.2) is 25.3 Å². The Kier molecular flexibility index (Phi) is 3.84. The van der Waals surface area contributed by atoms with Gasteiger partial charge in [-0.25, -0.2) is 4.98 Å². The fourth-order valence-corrected chi connectivity index (χ4v) is 1.24. The molecule has 1 rings (SSSR count). The van der Waals surface area contributed by atoms with Crippen molar-refractivity contribution in [1.29, 1.82) is 0 Å². The monoisotopic (exact) mass is 311 g/mol. The molecule has 0 aliphatic heterocycles. The fourth-order valence-electron chi connectivity index (χ4n) is 0.791. The zero-order valence-electron chi connectivity index (χ0n) is 8.49. The van der Waals surface area contributed by atoms with E-state index < -0.39 is 33.6 Å². The lowest BCUT2D eigenvalue weighted by molar-refractivity contribution is -0.276. The number of halogens is 6. The quantitative estimate of drug-likeness (QED) is 0.486. The summed E-state index contributed by atoms with van der Waals surface area (Å²) in [5.41, 5.74) is -5.71. The van der Waals surface area contributed by atoms with Gasteiger partial charge in [0.25, 0.3) is 0 Å². The SMILES string of the molecule is O=S(=O)(Oc1ccnc(OC(F)(F)F)c1)C(F)(F)F. The number of aromatic nitrogens is 1. The smallest absolute Gasteiger partial charge is 0.388 e. The van der Waals surface area contributed by atoms with Gasteiger partial charge >= 0.3 is 22.0 Å². The third kappa shape index (κ3) is 4.46. The lowest BCUT2D eigenvalue weighted by atomic mass is 10.4. The standard InChI is InChI=1S/C7H3F6NO4S/c8-6(9,10)17-5-3-4(1-2-14-5)18-19(15,16)7(11,12)13/h1-3H. The summed E-state index contributed by atoms with van der Waals surface area (Å²) in [6, 6.07) is 0.864. The first-order valence-electron chi connectivity index (χ1n) is 4.13. The minimum Gasteiger partial charge on any atom is -0.388 e. The number of pyridine rings is 1. The lowest BCUT2D eigenvalue weighted by Gasteiger charge is -2.11. The van der Waals surface area contributed by atoms with Gasteiger partial charge in [-0.1, -0.05) is 0 Å². The summed E-state index contributed by atoms with van der Waals surface area (Å²) in [5.74, 6) is -2.19. The summed E-state index contributed by atoms with van der Waals surface area (Å²) in [4.78, 5) is 3.02. The number of alkyl halides is 6. The van der Waals surface area contributed by atoms with Gasteiger partial charge in [-0.2, -0.15) is 21.6 Å². The fraction of sp³-hybridized carbons (Fsp3) is 0.286. The van der Waals surface area contributed by atoms with Crippen molar-refractivity contribution in [1.82, 2.24) is 4.98 Å². The van der Waals surface area contributed by atoms with Crippen LogP contribution in [0.2, 0.25) is 0 Å². The van der Waals surface area contributed by atoms with Gasteiger partial charge in [-0.15, -0.1) is 13.2 Å². The van der Waals surface area contributed by atoms with Crippen molar-refractivity contribution in [3.8, 4) is 11.6 Å². The minimum absolute atomic E-state index is 0.247. The lowest BCUT2D eigenvalue weighted by Crippen LogP contribution is -2.28. The molecule has 0 spiro atoms. The number of rotatable bonds is 3. The molecule has 0 saturated heterocycles. The number of nitrogens with zero attached hydrogens (tertiary/aromatic N) is 1. The Bertz CT molecular complexity index is 551. The highest BCUT2D eigenvalue weighted by atomic mass is 32.2. The van der Waals surface area contributed by atoms with Crippen molar-refractivity contribution in [2.45, 2.75) is 11.9 Å². The molecule has 5 nitrogen and oxygen atoms in total. The average molecular weight is 311 g/mol. The van der Waals surface area contributed by atoms with Crippen LogP contribution in [0.3, 0.4) is 0 Å². The van der Waals surface area contributed by atoms with E-state index in [9.17, 15) is 34.8 Å². The first-order chi connectivity index (χ1) is 8.41. The molecule has 0 aliphatic rings. The third-order valence-electron chi connectivity index (χ3n) is 1.42. The van der Waals surface area contributed by atoms with Gasteiger partial charge in [0.15, 0.2) is 0 Å². The van der Waals surface area contributed by atoms with Crippen LogP contribution < -0.4 is 8.92 Å². The second-order valence-electron chi connectivity index (χ2n) is 2.86. The van der Waals surface area contributed by atoms with Crippen molar-refractivity contribution in [2.24, 2.45) is 0 Å². The van der Waals surface area contributed by atoms with E-state index in [-0.39, 0.29) is 6.07 Å². The van der Waals surface area contributed by atoms with Gasteiger partial charge in [-0.3, -0.25) is 0 Å². The van der Waals surface area contributed by atoms with E-state index in [2.05, 4.69) is 13.9 Å². The summed E-state index contributed by atoms with van der Waals surface area (Å²) in [6.45, 7) is 0. The molecule has 0 atom stereocenters. The Labute approximate surface area is 101 Å². The molecule has 1 aromatic rings. The largest absolute Gasteiger partial charge is 0.574 e. The first-order valence-corrected chi connectivity index (χ1v) is 5.54. The molecule has 0 bridgehead atoms. The molecule has 19 heavy (non-hydrogen) atoms. The van der Waals surface area contributed by atoms with E-state index in [1.165, 1.54) is 0 Å². The van der Waals surface area contributed by atoms with E-state index in [1.54, 1.807) is 0 Å². The third-order valence-corrected chi connectivity index (χ3v) is 2.39. The summed E-state index contributed by atoms with van der Waals surface area (Å²) >= 11 is 0. The van der Waals surface area contributed by atoms with E-state index >= 15 is 0 Å². The summed E-state index contributed by atoms with van der Waals surface area (Å²) in [6.07, 6.45) is -4.54. The van der Waals surface area contributed by atoms with Gasteiger partial charge < -0.3 is 8.92 Å². The molecule has 0 unspecified atom stereocenters. The maximum atomic E-state index is 12.0. The van der Waals surface area contributed by atoms with Crippen LogP contribution in [0.4, 0.5) is 26.3 Å². The molecule has 0 N–H and O–H groups in total. The van der Waals surface area contributed by atoms with Gasteiger partial charge in [0.2, 0.25) is 5.88 Å². The second-order valence-corrected chi connectivity index (χ2v) is 4.40. The molecule has 12 heteroatoms. The summed E-state index contributed by atoms with van der Waals surface area (Å²) in [7, 11) is -5.98.